The smallest absolute Gasteiger partial charge is 0.218 e. The lowest BCUT2D eigenvalue weighted by Gasteiger charge is -2.28. The summed E-state index contributed by atoms with van der Waals surface area (Å²) in [5.41, 5.74) is 1.67. The summed E-state index contributed by atoms with van der Waals surface area (Å²) in [6.07, 6.45) is 2.24. The first-order valence-corrected chi connectivity index (χ1v) is 6.17. The summed E-state index contributed by atoms with van der Waals surface area (Å²) in [6, 6.07) is 15.0. The second kappa shape index (κ2) is 6.66. The van der Waals surface area contributed by atoms with Gasteiger partial charge in [0, 0.05) is 18.4 Å². The van der Waals surface area contributed by atoms with Gasteiger partial charge in [0.2, 0.25) is 5.91 Å². The van der Waals surface area contributed by atoms with Crippen LogP contribution < -0.4 is 0 Å². The van der Waals surface area contributed by atoms with Crippen LogP contribution in [0, 0.1) is 5.21 Å². The highest BCUT2D eigenvalue weighted by atomic mass is 16.5. The summed E-state index contributed by atoms with van der Waals surface area (Å²) in [7, 11) is 0. The molecule has 4 heteroatoms. The Morgan fingerprint density at radius 3 is 2.53 bits per heavy atom. The predicted octanol–water partition coefficient (Wildman–Crippen LogP) is 2.19. The van der Waals surface area contributed by atoms with Crippen LogP contribution in [0.5, 0.6) is 0 Å². The molecular formula is C15H15N2O2-. The Morgan fingerprint density at radius 1 is 1.11 bits per heavy atom. The molecule has 0 spiro atoms. The third-order valence-corrected chi connectivity index (χ3v) is 2.78. The fourth-order valence-corrected chi connectivity index (χ4v) is 1.75. The fraction of sp³-hybridized carbons (Fsp3) is 0.200. The van der Waals surface area contributed by atoms with Crippen LogP contribution >= 0.6 is 0 Å². The zero-order valence-corrected chi connectivity index (χ0v) is 10.5. The first kappa shape index (κ1) is 13.2. The molecule has 0 bridgehead atoms. The maximum atomic E-state index is 11.7. The number of aromatic nitrogens is 1. The minimum Gasteiger partial charge on any atom is -0.756 e. The molecule has 0 N–H and O–H groups in total. The molecule has 98 valence electrons. The van der Waals surface area contributed by atoms with E-state index in [0.717, 1.165) is 5.56 Å². The summed E-state index contributed by atoms with van der Waals surface area (Å²) in [5, 5.41) is 12.2. The largest absolute Gasteiger partial charge is 0.756 e. The number of hydroxylamine groups is 2. The molecule has 1 aromatic heterocycles. The summed E-state index contributed by atoms with van der Waals surface area (Å²) in [6.45, 7) is 0.176. The van der Waals surface area contributed by atoms with E-state index in [9.17, 15) is 10.0 Å². The van der Waals surface area contributed by atoms with Gasteiger partial charge in [0.25, 0.3) is 0 Å². The number of nitrogens with zero attached hydrogens (tertiary/aromatic N) is 2. The molecular weight excluding hydrogens is 240 g/mol. The first-order valence-electron chi connectivity index (χ1n) is 6.17. The molecule has 0 unspecified atom stereocenters. The van der Waals surface area contributed by atoms with Gasteiger partial charge in [-0.05, 0) is 24.1 Å². The average Bonchev–Trinajstić information content (AvgIpc) is 2.47. The lowest BCUT2D eigenvalue weighted by atomic mass is 10.1. The van der Waals surface area contributed by atoms with Crippen LogP contribution in [-0.2, 0) is 17.6 Å². The Labute approximate surface area is 112 Å². The van der Waals surface area contributed by atoms with Crippen molar-refractivity contribution in [3.63, 3.8) is 0 Å². The highest BCUT2D eigenvalue weighted by Gasteiger charge is 2.06. The Bertz CT molecular complexity index is 514. The molecule has 4 nitrogen and oxygen atoms in total. The lowest BCUT2D eigenvalue weighted by Crippen LogP contribution is -2.28. The third kappa shape index (κ3) is 4.19. The summed E-state index contributed by atoms with van der Waals surface area (Å²) < 4.78 is 0. The molecule has 2 aromatic rings. The highest BCUT2D eigenvalue weighted by Crippen LogP contribution is 2.03. The fourth-order valence-electron chi connectivity index (χ4n) is 1.75. The minimum atomic E-state index is -0.449. The zero-order chi connectivity index (χ0) is 13.5. The molecule has 2 rings (SSSR count). The van der Waals surface area contributed by atoms with Crippen LogP contribution in [-0.4, -0.2) is 22.5 Å². The molecule has 0 aliphatic rings. The second-order valence-corrected chi connectivity index (χ2v) is 4.23. The van der Waals surface area contributed by atoms with Crippen LogP contribution in [0.25, 0.3) is 0 Å². The lowest BCUT2D eigenvalue weighted by molar-refractivity contribution is -0.127. The molecule has 0 atom stereocenters. The van der Waals surface area contributed by atoms with Gasteiger partial charge in [0.15, 0.2) is 0 Å². The molecule has 0 radical (unpaired) electrons. The molecule has 19 heavy (non-hydrogen) atoms. The minimum absolute atomic E-state index is 0.0547. The van der Waals surface area contributed by atoms with Gasteiger partial charge >= 0.3 is 0 Å². The van der Waals surface area contributed by atoms with Crippen molar-refractivity contribution in [2.75, 3.05) is 6.54 Å². The number of carbonyl (C=O) groups excluding carboxylic acids is 1. The van der Waals surface area contributed by atoms with Crippen LogP contribution in [0.1, 0.15) is 11.3 Å². The SMILES string of the molecule is O=C(Cc1ccccn1)N([O-])CCc1ccccc1. The van der Waals surface area contributed by atoms with Crippen molar-refractivity contribution in [3.8, 4) is 0 Å². The Balaban J connectivity index is 1.83. The van der Waals surface area contributed by atoms with Crippen molar-refractivity contribution in [1.29, 1.82) is 0 Å². The highest BCUT2D eigenvalue weighted by molar-refractivity contribution is 5.78. The van der Waals surface area contributed by atoms with Gasteiger partial charge in [-0.15, -0.1) is 0 Å². The molecule has 0 saturated carbocycles. The molecule has 1 amide bonds. The van der Waals surface area contributed by atoms with Gasteiger partial charge in [0.05, 0.1) is 6.42 Å². The Hall–Kier alpha value is -2.20. The van der Waals surface area contributed by atoms with Crippen LogP contribution in [0.4, 0.5) is 0 Å². The van der Waals surface area contributed by atoms with E-state index in [0.29, 0.717) is 17.2 Å². The van der Waals surface area contributed by atoms with E-state index < -0.39 is 5.91 Å². The van der Waals surface area contributed by atoms with Crippen LogP contribution in [0.15, 0.2) is 54.7 Å². The van der Waals surface area contributed by atoms with Crippen molar-refractivity contribution < 1.29 is 4.79 Å². The molecule has 0 saturated heterocycles. The number of amides is 1. The van der Waals surface area contributed by atoms with E-state index in [1.807, 2.05) is 30.3 Å². The van der Waals surface area contributed by atoms with Gasteiger partial charge in [-0.3, -0.25) is 9.78 Å². The second-order valence-electron chi connectivity index (χ2n) is 4.23. The summed E-state index contributed by atoms with van der Waals surface area (Å²) >= 11 is 0. The summed E-state index contributed by atoms with van der Waals surface area (Å²) in [4.78, 5) is 15.7. The van der Waals surface area contributed by atoms with Gasteiger partial charge in [-0.2, -0.15) is 0 Å². The predicted molar refractivity (Wildman–Crippen MR) is 73.2 cm³/mol. The summed E-state index contributed by atoms with van der Waals surface area (Å²) in [5.74, 6) is -0.449. The molecule has 1 aromatic carbocycles. The number of pyridine rings is 1. The van der Waals surface area contributed by atoms with Crippen LogP contribution in [0.3, 0.4) is 0 Å². The van der Waals surface area contributed by atoms with E-state index in [1.54, 1.807) is 24.4 Å². The Kier molecular flexibility index (Phi) is 4.64. The van der Waals surface area contributed by atoms with E-state index in [1.165, 1.54) is 0 Å². The number of benzene rings is 1. The number of rotatable bonds is 5. The van der Waals surface area contributed by atoms with E-state index >= 15 is 0 Å². The monoisotopic (exact) mass is 255 g/mol. The number of hydrogen-bond acceptors (Lipinski definition) is 3. The maximum Gasteiger partial charge on any atom is 0.218 e. The van der Waals surface area contributed by atoms with Gasteiger partial charge < -0.3 is 10.3 Å². The quantitative estimate of drug-likeness (QED) is 0.769. The molecule has 0 fully saturated rings. The standard InChI is InChI=1S/C15H15N2O2/c18-15(12-14-8-4-5-10-16-14)17(19)11-9-13-6-2-1-3-7-13/h1-8,10H,9,11-12H2/q-1. The average molecular weight is 255 g/mol. The van der Waals surface area contributed by atoms with Gasteiger partial charge in [-0.1, -0.05) is 36.4 Å². The normalized spacial score (nSPS) is 10.2. The van der Waals surface area contributed by atoms with E-state index in [-0.39, 0.29) is 13.0 Å². The number of hydrogen-bond donors (Lipinski definition) is 0. The van der Waals surface area contributed by atoms with Crippen molar-refractivity contribution >= 4 is 5.91 Å². The van der Waals surface area contributed by atoms with Crippen LogP contribution in [0.2, 0.25) is 0 Å². The zero-order valence-electron chi connectivity index (χ0n) is 10.5. The molecule has 0 aliphatic heterocycles. The van der Waals surface area contributed by atoms with E-state index in [2.05, 4.69) is 4.98 Å². The molecule has 1 heterocycles. The maximum absolute atomic E-state index is 11.7. The Morgan fingerprint density at radius 2 is 1.84 bits per heavy atom. The first-order chi connectivity index (χ1) is 9.25. The van der Waals surface area contributed by atoms with Crippen molar-refractivity contribution in [2.45, 2.75) is 12.8 Å². The van der Waals surface area contributed by atoms with E-state index in [4.69, 9.17) is 0 Å². The number of carbonyl (C=O) groups is 1. The third-order valence-electron chi connectivity index (χ3n) is 2.78. The van der Waals surface area contributed by atoms with Crippen molar-refractivity contribution in [2.24, 2.45) is 0 Å². The van der Waals surface area contributed by atoms with Gasteiger partial charge in [0.1, 0.15) is 0 Å². The topological polar surface area (TPSA) is 56.3 Å². The molecule has 0 aliphatic carbocycles. The van der Waals surface area contributed by atoms with Crippen molar-refractivity contribution in [1.82, 2.24) is 10.0 Å². The van der Waals surface area contributed by atoms with Crippen molar-refractivity contribution in [3.05, 3.63) is 71.2 Å². The van der Waals surface area contributed by atoms with Gasteiger partial charge in [-0.25, -0.2) is 0 Å².